The van der Waals surface area contributed by atoms with E-state index in [1.165, 1.54) is 6.07 Å². The van der Waals surface area contributed by atoms with Gasteiger partial charge in [-0.15, -0.1) is 0 Å². The fraction of sp³-hybridized carbons (Fsp3) is 0.450. The smallest absolute Gasteiger partial charge is 0.309 e. The number of nitrogens with zero attached hydrogens (tertiary/aromatic N) is 4. The van der Waals surface area contributed by atoms with Crippen molar-refractivity contribution in [2.45, 2.75) is 26.4 Å². The van der Waals surface area contributed by atoms with Crippen LogP contribution in [0.3, 0.4) is 0 Å². The van der Waals surface area contributed by atoms with Gasteiger partial charge in [-0.3, -0.25) is 19.2 Å². The normalized spacial score (nSPS) is 17.1. The topological polar surface area (TPSA) is 78.7 Å². The van der Waals surface area contributed by atoms with Gasteiger partial charge in [0.1, 0.15) is 5.82 Å². The number of carboxylic acids is 1. The number of carbonyl (C=O) groups excluding carboxylic acids is 1. The van der Waals surface area contributed by atoms with Crippen molar-refractivity contribution in [3.63, 3.8) is 0 Å². The lowest BCUT2D eigenvalue weighted by Gasteiger charge is -2.38. The van der Waals surface area contributed by atoms with Crippen molar-refractivity contribution >= 4 is 23.5 Å². The average Bonchev–Trinajstić information content (AvgIpc) is 2.95. The summed E-state index contributed by atoms with van der Waals surface area (Å²) in [6, 6.07) is 4.58. The van der Waals surface area contributed by atoms with Crippen LogP contribution in [0.4, 0.5) is 4.39 Å². The number of hydrogen-bond donors (Lipinski definition) is 1. The minimum absolute atomic E-state index is 0.0254. The van der Waals surface area contributed by atoms with Gasteiger partial charge in [0.05, 0.1) is 36.9 Å². The first kappa shape index (κ1) is 19.8. The number of aryl methyl sites for hydroxylation is 1. The van der Waals surface area contributed by atoms with Gasteiger partial charge in [-0.2, -0.15) is 5.10 Å². The quantitative estimate of drug-likeness (QED) is 0.799. The fourth-order valence-electron chi connectivity index (χ4n) is 3.98. The zero-order valence-electron chi connectivity index (χ0n) is 16.1. The van der Waals surface area contributed by atoms with E-state index in [2.05, 4.69) is 5.10 Å². The highest BCUT2D eigenvalue weighted by Crippen LogP contribution is 2.25. The fourth-order valence-corrected chi connectivity index (χ4v) is 4.14. The molecule has 4 rings (SSSR count). The highest BCUT2D eigenvalue weighted by Gasteiger charge is 2.35. The molecule has 0 atom stereocenters. The van der Waals surface area contributed by atoms with Crippen LogP contribution in [0.1, 0.15) is 22.5 Å². The van der Waals surface area contributed by atoms with E-state index < -0.39 is 5.97 Å². The minimum Gasteiger partial charge on any atom is -0.481 e. The maximum atomic E-state index is 14.2. The van der Waals surface area contributed by atoms with Crippen molar-refractivity contribution in [1.29, 1.82) is 0 Å². The highest BCUT2D eigenvalue weighted by molar-refractivity contribution is 6.30. The predicted octanol–water partition coefficient (Wildman–Crippen LogP) is 1.93. The summed E-state index contributed by atoms with van der Waals surface area (Å²) in [4.78, 5) is 27.2. The van der Waals surface area contributed by atoms with Crippen molar-refractivity contribution in [3.05, 3.63) is 51.6 Å². The van der Waals surface area contributed by atoms with Crippen LogP contribution in [0.15, 0.2) is 18.2 Å². The summed E-state index contributed by atoms with van der Waals surface area (Å²) in [6.07, 6.45) is 0.702. The zero-order chi connectivity index (χ0) is 20.7. The molecule has 154 valence electrons. The van der Waals surface area contributed by atoms with E-state index in [0.29, 0.717) is 43.2 Å². The summed E-state index contributed by atoms with van der Waals surface area (Å²) in [5.41, 5.74) is 3.42. The lowest BCUT2D eigenvalue weighted by atomic mass is 10.0. The third-order valence-electron chi connectivity index (χ3n) is 5.69. The summed E-state index contributed by atoms with van der Waals surface area (Å²) >= 11 is 5.83. The summed E-state index contributed by atoms with van der Waals surface area (Å²) in [7, 11) is 0. The van der Waals surface area contributed by atoms with E-state index in [0.717, 1.165) is 17.0 Å². The number of aliphatic carboxylic acids is 1. The number of carbonyl (C=O) groups is 2. The molecule has 7 nitrogen and oxygen atoms in total. The molecule has 2 aliphatic heterocycles. The average molecular weight is 421 g/mol. The summed E-state index contributed by atoms with van der Waals surface area (Å²) in [5, 5.41) is 13.9. The first-order valence-corrected chi connectivity index (χ1v) is 9.91. The van der Waals surface area contributed by atoms with Gasteiger partial charge >= 0.3 is 5.97 Å². The lowest BCUT2D eigenvalue weighted by molar-refractivity contribution is -0.150. The van der Waals surface area contributed by atoms with Crippen molar-refractivity contribution in [2.24, 2.45) is 5.92 Å². The van der Waals surface area contributed by atoms with Crippen LogP contribution in [0, 0.1) is 18.7 Å². The molecular formula is C20H22ClFN4O3. The van der Waals surface area contributed by atoms with E-state index in [9.17, 15) is 14.0 Å². The SMILES string of the molecule is Cc1nn(Cc2ccc(Cl)cc2F)c2c1CCN(C(=O)CN1CC(C(=O)O)C1)C2. The van der Waals surface area contributed by atoms with Gasteiger partial charge < -0.3 is 10.0 Å². The number of halogens is 2. The van der Waals surface area contributed by atoms with Crippen LogP contribution in [0.5, 0.6) is 0 Å². The number of likely N-dealkylation sites (tertiary alicyclic amines) is 1. The molecule has 1 saturated heterocycles. The Morgan fingerprint density at radius 1 is 1.34 bits per heavy atom. The molecule has 2 aromatic rings. The Hall–Kier alpha value is -2.45. The number of benzene rings is 1. The van der Waals surface area contributed by atoms with Gasteiger partial charge in [0, 0.05) is 30.2 Å². The molecule has 2 aliphatic rings. The monoisotopic (exact) mass is 420 g/mol. The molecule has 0 unspecified atom stereocenters. The molecule has 1 aromatic heterocycles. The molecule has 1 aromatic carbocycles. The van der Waals surface area contributed by atoms with Crippen molar-refractivity contribution in [2.75, 3.05) is 26.2 Å². The Kier molecular flexibility index (Phi) is 5.31. The van der Waals surface area contributed by atoms with E-state index in [1.807, 2.05) is 11.8 Å². The first-order chi connectivity index (χ1) is 13.8. The molecule has 1 amide bonds. The van der Waals surface area contributed by atoms with Gasteiger partial charge in [0.25, 0.3) is 0 Å². The second kappa shape index (κ2) is 7.76. The Labute approximate surface area is 172 Å². The van der Waals surface area contributed by atoms with Crippen LogP contribution in [0.25, 0.3) is 0 Å². The number of fused-ring (bicyclic) bond motifs is 1. The minimum atomic E-state index is -0.815. The maximum absolute atomic E-state index is 14.2. The Morgan fingerprint density at radius 2 is 2.10 bits per heavy atom. The van der Waals surface area contributed by atoms with Gasteiger partial charge in [0.15, 0.2) is 0 Å². The van der Waals surface area contributed by atoms with Gasteiger partial charge in [-0.25, -0.2) is 4.39 Å². The number of hydrogen-bond acceptors (Lipinski definition) is 4. The van der Waals surface area contributed by atoms with E-state index in [4.69, 9.17) is 16.7 Å². The van der Waals surface area contributed by atoms with Crippen LogP contribution >= 0.6 is 11.6 Å². The molecule has 0 saturated carbocycles. The van der Waals surface area contributed by atoms with Crippen LogP contribution < -0.4 is 0 Å². The molecule has 0 radical (unpaired) electrons. The Bertz CT molecular complexity index is 971. The number of aromatic nitrogens is 2. The van der Waals surface area contributed by atoms with E-state index >= 15 is 0 Å². The molecule has 1 N–H and O–H groups in total. The molecule has 9 heteroatoms. The Balaban J connectivity index is 1.46. The molecule has 29 heavy (non-hydrogen) atoms. The van der Waals surface area contributed by atoms with E-state index in [1.54, 1.807) is 21.7 Å². The maximum Gasteiger partial charge on any atom is 0.309 e. The summed E-state index contributed by atoms with van der Waals surface area (Å²) < 4.78 is 16.0. The van der Waals surface area contributed by atoms with Gasteiger partial charge in [0.2, 0.25) is 5.91 Å². The molecule has 0 bridgehead atoms. The number of rotatable bonds is 5. The molecule has 1 fully saturated rings. The standard InChI is InChI=1S/C20H22ClFN4O3/c1-12-16-4-5-25(19(27)11-24-7-14(8-24)20(28)29)10-18(16)26(23-12)9-13-2-3-15(21)6-17(13)22/h2-3,6,14H,4-5,7-11H2,1H3,(H,28,29). The second-order valence-corrected chi connectivity index (χ2v) is 8.14. The molecule has 0 spiro atoms. The number of carboxylic acid groups (broad SMARTS) is 1. The third-order valence-corrected chi connectivity index (χ3v) is 5.93. The predicted molar refractivity (Wildman–Crippen MR) is 104 cm³/mol. The molecule has 0 aliphatic carbocycles. The van der Waals surface area contributed by atoms with Crippen molar-refractivity contribution in [3.8, 4) is 0 Å². The van der Waals surface area contributed by atoms with Crippen molar-refractivity contribution in [1.82, 2.24) is 19.6 Å². The summed E-state index contributed by atoms with van der Waals surface area (Å²) in [5.74, 6) is -1.60. The molecule has 3 heterocycles. The zero-order valence-corrected chi connectivity index (χ0v) is 16.8. The van der Waals surface area contributed by atoms with Crippen LogP contribution in [-0.2, 0) is 29.1 Å². The highest BCUT2D eigenvalue weighted by atomic mass is 35.5. The second-order valence-electron chi connectivity index (χ2n) is 7.70. The van der Waals surface area contributed by atoms with Crippen molar-refractivity contribution < 1.29 is 19.1 Å². The summed E-state index contributed by atoms with van der Waals surface area (Å²) in [6.45, 7) is 4.26. The third kappa shape index (κ3) is 4.00. The lowest BCUT2D eigenvalue weighted by Crippen LogP contribution is -2.54. The van der Waals surface area contributed by atoms with Gasteiger partial charge in [-0.1, -0.05) is 17.7 Å². The van der Waals surface area contributed by atoms with Gasteiger partial charge in [-0.05, 0) is 31.0 Å². The van der Waals surface area contributed by atoms with Crippen LogP contribution in [0.2, 0.25) is 5.02 Å². The van der Waals surface area contributed by atoms with Crippen LogP contribution in [-0.4, -0.2) is 62.7 Å². The Morgan fingerprint density at radius 3 is 2.79 bits per heavy atom. The van der Waals surface area contributed by atoms with E-state index in [-0.39, 0.29) is 30.7 Å². The number of amides is 1. The first-order valence-electron chi connectivity index (χ1n) is 9.54. The molecular weight excluding hydrogens is 399 g/mol. The largest absolute Gasteiger partial charge is 0.481 e.